The molecule has 0 spiro atoms. The van der Waals surface area contributed by atoms with E-state index in [0.717, 1.165) is 82.5 Å². The second kappa shape index (κ2) is 15.4. The number of alkyl halides is 1. The monoisotopic (exact) mass is 797 g/mol. The van der Waals surface area contributed by atoms with Gasteiger partial charge in [-0.3, -0.25) is 9.69 Å². The van der Waals surface area contributed by atoms with E-state index in [-0.39, 0.29) is 53.0 Å². The molecule has 2 aromatic rings. The van der Waals surface area contributed by atoms with Crippen LogP contribution in [0.1, 0.15) is 69.8 Å². The third-order valence-corrected chi connectivity index (χ3v) is 16.3. The first kappa shape index (κ1) is 39.5. The van der Waals surface area contributed by atoms with Gasteiger partial charge < -0.3 is 29.9 Å². The van der Waals surface area contributed by atoms with E-state index in [9.17, 15) is 23.1 Å². The van der Waals surface area contributed by atoms with Crippen LogP contribution in [0.4, 0.5) is 19.3 Å². The maximum atomic E-state index is 16.3. The van der Waals surface area contributed by atoms with Crippen molar-refractivity contribution in [2.45, 2.75) is 97.1 Å². The molecule has 2 aromatic carbocycles. The number of aliphatic hydroxyl groups is 1. The molecule has 2 aliphatic carbocycles. The molecule has 8 rings (SSSR count). The van der Waals surface area contributed by atoms with Gasteiger partial charge in [-0.2, -0.15) is 0 Å². The number of likely N-dealkylation sites (tertiary alicyclic amines) is 3. The number of benzene rings is 2. The quantitative estimate of drug-likeness (QED) is 0.320. The minimum absolute atomic E-state index is 0.0771. The van der Waals surface area contributed by atoms with E-state index < -0.39 is 32.5 Å². The van der Waals surface area contributed by atoms with Crippen LogP contribution in [-0.4, -0.2) is 135 Å². The molecule has 0 radical (unpaired) electrons. The van der Waals surface area contributed by atoms with Crippen molar-refractivity contribution >= 4 is 27.5 Å². The van der Waals surface area contributed by atoms with Crippen molar-refractivity contribution in [2.24, 2.45) is 11.8 Å². The van der Waals surface area contributed by atoms with Gasteiger partial charge in [0, 0.05) is 43.3 Å². The van der Waals surface area contributed by atoms with E-state index in [2.05, 4.69) is 21.2 Å². The number of nitrogens with one attached hydrogen (secondary N) is 1. The van der Waals surface area contributed by atoms with Gasteiger partial charge in [-0.1, -0.05) is 18.6 Å². The van der Waals surface area contributed by atoms with Gasteiger partial charge in [0.2, 0.25) is 0 Å². The van der Waals surface area contributed by atoms with Crippen LogP contribution >= 0.6 is 0 Å². The summed E-state index contributed by atoms with van der Waals surface area (Å²) in [5, 5.41) is 12.7. The number of piperidine rings is 2. The Morgan fingerprint density at radius 1 is 0.911 bits per heavy atom. The molecule has 56 heavy (non-hydrogen) atoms. The van der Waals surface area contributed by atoms with Gasteiger partial charge in [0.1, 0.15) is 11.4 Å². The standard InChI is InChI=1S/C42H57F2N5O6S/c1-55-39(51)45-37-8-3-7-36(37)42(29-46-19-4-20-46,31-5-2-6-32(43)25-31)30-13-21-47(22-14-30)26-40(44)27-49(28-40)33-9-11-34(12-10-33)56(53,54)35-15-23-48(24-16-35)38(50)41(52)17-18-41/h2,5-6,9-12,25,30,35-37,52H,3-4,7-8,13-24,26-29H2,1H3,(H,45,51)/t36-,37-,42?/m0/s1. The van der Waals surface area contributed by atoms with Crippen LogP contribution in [0.5, 0.6) is 0 Å². The molecule has 1 unspecified atom stereocenters. The van der Waals surface area contributed by atoms with Crippen LogP contribution in [0.25, 0.3) is 0 Å². The van der Waals surface area contributed by atoms with Gasteiger partial charge in [-0.05, 0) is 138 Å². The largest absolute Gasteiger partial charge is 0.453 e. The zero-order valence-corrected chi connectivity index (χ0v) is 33.3. The second-order valence-electron chi connectivity index (χ2n) is 17.6. The fourth-order valence-corrected chi connectivity index (χ4v) is 12.4. The predicted molar refractivity (Wildman–Crippen MR) is 208 cm³/mol. The molecule has 0 bridgehead atoms. The van der Waals surface area contributed by atoms with Crippen LogP contribution in [0, 0.1) is 17.7 Å². The molecule has 14 heteroatoms. The first-order valence-corrected chi connectivity index (χ1v) is 22.2. The highest BCUT2D eigenvalue weighted by Crippen LogP contribution is 2.52. The van der Waals surface area contributed by atoms with E-state index in [0.29, 0.717) is 45.3 Å². The lowest BCUT2D eigenvalue weighted by atomic mass is 9.57. The normalized spacial score (nSPS) is 26.9. The summed E-state index contributed by atoms with van der Waals surface area (Å²) in [6, 6.07) is 13.7. The van der Waals surface area contributed by atoms with Crippen molar-refractivity contribution in [1.29, 1.82) is 0 Å². The SMILES string of the molecule is COC(=O)N[C@H]1CCC[C@@H]1C(CN1CCC1)(c1cccc(F)c1)C1CCN(CC2(F)CN(c3ccc(S(=O)(=O)C4CCN(C(=O)C5(O)CC5)CC4)cc3)C2)CC1. The molecule has 11 nitrogen and oxygen atoms in total. The lowest BCUT2D eigenvalue weighted by Gasteiger charge is -2.54. The van der Waals surface area contributed by atoms with E-state index in [4.69, 9.17) is 4.74 Å². The van der Waals surface area contributed by atoms with Crippen molar-refractivity contribution in [2.75, 3.05) is 77.5 Å². The zero-order chi connectivity index (χ0) is 39.3. The molecule has 4 aliphatic heterocycles. The number of ether oxygens (including phenoxy) is 1. The second-order valence-corrected chi connectivity index (χ2v) is 19.8. The number of hydrogen-bond acceptors (Lipinski definition) is 9. The van der Waals surface area contributed by atoms with Crippen LogP contribution in [-0.2, 0) is 24.8 Å². The molecule has 2 amide bonds. The van der Waals surface area contributed by atoms with Crippen molar-refractivity contribution in [3.63, 3.8) is 0 Å². The molecular formula is C42H57F2N5O6S. The predicted octanol–water partition coefficient (Wildman–Crippen LogP) is 4.52. The molecule has 6 fully saturated rings. The molecule has 0 aromatic heterocycles. The van der Waals surface area contributed by atoms with Gasteiger partial charge in [-0.15, -0.1) is 0 Å². The zero-order valence-electron chi connectivity index (χ0n) is 32.5. The first-order valence-electron chi connectivity index (χ1n) is 20.7. The number of sulfone groups is 1. The Morgan fingerprint density at radius 2 is 1.61 bits per heavy atom. The van der Waals surface area contributed by atoms with Gasteiger partial charge >= 0.3 is 6.09 Å². The average Bonchev–Trinajstić information content (AvgIpc) is 3.76. The minimum Gasteiger partial charge on any atom is -0.453 e. The lowest BCUT2D eigenvalue weighted by molar-refractivity contribution is -0.143. The van der Waals surface area contributed by atoms with Gasteiger partial charge in [0.15, 0.2) is 15.5 Å². The van der Waals surface area contributed by atoms with Crippen LogP contribution in [0.3, 0.4) is 0 Å². The van der Waals surface area contributed by atoms with Crippen LogP contribution < -0.4 is 10.2 Å². The number of halogens is 2. The summed E-state index contributed by atoms with van der Waals surface area (Å²) in [5.74, 6) is -0.209. The fourth-order valence-electron chi connectivity index (χ4n) is 10.7. The Bertz CT molecular complexity index is 1850. The minimum atomic E-state index is -3.60. The van der Waals surface area contributed by atoms with Crippen molar-refractivity contribution in [1.82, 2.24) is 20.0 Å². The molecule has 3 atom stereocenters. The Hall–Kier alpha value is -3.33. The molecule has 306 valence electrons. The van der Waals surface area contributed by atoms with Gasteiger partial charge in [-0.25, -0.2) is 22.0 Å². The summed E-state index contributed by atoms with van der Waals surface area (Å²) >= 11 is 0. The summed E-state index contributed by atoms with van der Waals surface area (Å²) in [6.45, 7) is 5.68. The fraction of sp³-hybridized carbons (Fsp3) is 0.667. The molecule has 6 aliphatic rings. The van der Waals surface area contributed by atoms with E-state index in [1.54, 1.807) is 41.3 Å². The summed E-state index contributed by atoms with van der Waals surface area (Å²) in [5.41, 5.74) is -1.24. The van der Waals surface area contributed by atoms with Gasteiger partial charge in [0.05, 0.1) is 30.3 Å². The Morgan fingerprint density at radius 3 is 2.21 bits per heavy atom. The van der Waals surface area contributed by atoms with Gasteiger partial charge in [0.25, 0.3) is 5.91 Å². The summed E-state index contributed by atoms with van der Waals surface area (Å²) in [7, 11) is -2.22. The smallest absolute Gasteiger partial charge is 0.407 e. The number of nitrogens with zero attached hydrogens (tertiary/aromatic N) is 4. The third-order valence-electron chi connectivity index (χ3n) is 14.1. The van der Waals surface area contributed by atoms with Crippen molar-refractivity contribution in [3.8, 4) is 0 Å². The van der Waals surface area contributed by atoms with Crippen LogP contribution in [0.2, 0.25) is 0 Å². The van der Waals surface area contributed by atoms with Crippen LogP contribution in [0.15, 0.2) is 53.4 Å². The lowest BCUT2D eigenvalue weighted by Crippen LogP contribution is -2.65. The highest BCUT2D eigenvalue weighted by atomic mass is 32.2. The highest BCUT2D eigenvalue weighted by Gasteiger charge is 2.54. The third kappa shape index (κ3) is 7.67. The molecule has 2 N–H and O–H groups in total. The van der Waals surface area contributed by atoms with E-state index >= 15 is 8.78 Å². The molecule has 4 heterocycles. The Labute approximate surface area is 329 Å². The highest BCUT2D eigenvalue weighted by molar-refractivity contribution is 7.92. The number of carbonyl (C=O) groups is 2. The molecule has 2 saturated carbocycles. The summed E-state index contributed by atoms with van der Waals surface area (Å²) in [6.07, 6.45) is 6.76. The summed E-state index contributed by atoms with van der Waals surface area (Å²) in [4.78, 5) is 33.5. The number of hydrogen-bond donors (Lipinski definition) is 2. The summed E-state index contributed by atoms with van der Waals surface area (Å²) < 4.78 is 63.3. The van der Waals surface area contributed by atoms with Crippen molar-refractivity contribution in [3.05, 3.63) is 59.9 Å². The number of rotatable bonds is 12. The topological polar surface area (TPSA) is 123 Å². The average molecular weight is 798 g/mol. The number of alkyl carbamates (subject to hydrolysis) is 1. The Kier molecular flexibility index (Phi) is 10.9. The number of methoxy groups -OCH3 is 1. The van der Waals surface area contributed by atoms with E-state index in [1.165, 1.54) is 13.2 Å². The van der Waals surface area contributed by atoms with E-state index in [1.807, 2.05) is 4.90 Å². The number of carbonyl (C=O) groups excluding carboxylic acids is 2. The van der Waals surface area contributed by atoms with Crippen molar-refractivity contribution < 1.29 is 36.6 Å². The maximum absolute atomic E-state index is 16.3. The number of anilines is 1. The molecule has 4 saturated heterocycles. The molecular weight excluding hydrogens is 741 g/mol. The maximum Gasteiger partial charge on any atom is 0.407 e. The number of amides is 2. The Balaban J connectivity index is 0.892. The first-order chi connectivity index (χ1) is 26.8.